The summed E-state index contributed by atoms with van der Waals surface area (Å²) in [5.41, 5.74) is 1.30. The molecule has 6 heteroatoms. The van der Waals surface area contributed by atoms with Crippen LogP contribution in [0.25, 0.3) is 0 Å². The molecule has 0 aromatic heterocycles. The normalized spacial score (nSPS) is 18.0. The van der Waals surface area contributed by atoms with Gasteiger partial charge in [0.25, 0.3) is 0 Å². The summed E-state index contributed by atoms with van der Waals surface area (Å²) in [6.45, 7) is 5.42. The van der Waals surface area contributed by atoms with E-state index in [9.17, 15) is 9.59 Å². The monoisotopic (exact) mass is 365 g/mol. The number of benzene rings is 1. The Hall–Kier alpha value is -1.59. The number of amides is 2. The Bertz CT molecular complexity index is 577. The van der Waals surface area contributed by atoms with Gasteiger partial charge in [0.1, 0.15) is 0 Å². The first-order valence-corrected chi connectivity index (χ1v) is 9.27. The fraction of sp³-hybridized carbons (Fsp3) is 0.579. The topological polar surface area (TPSA) is 52.7 Å². The molecule has 138 valence electrons. The lowest BCUT2D eigenvalue weighted by Gasteiger charge is -2.34. The van der Waals surface area contributed by atoms with Gasteiger partial charge in [-0.3, -0.25) is 9.59 Å². The van der Waals surface area contributed by atoms with Gasteiger partial charge in [-0.1, -0.05) is 23.7 Å². The number of hydrogen-bond acceptors (Lipinski definition) is 3. The van der Waals surface area contributed by atoms with Crippen molar-refractivity contribution in [3.63, 3.8) is 0 Å². The van der Waals surface area contributed by atoms with Crippen molar-refractivity contribution >= 4 is 23.4 Å². The number of carbonyl (C=O) groups excluding carboxylic acids is 2. The van der Waals surface area contributed by atoms with Crippen LogP contribution in [0.4, 0.5) is 0 Å². The summed E-state index contributed by atoms with van der Waals surface area (Å²) in [5, 5.41) is 3.34. The third-order valence-electron chi connectivity index (χ3n) is 4.68. The molecule has 0 saturated carbocycles. The number of rotatable bonds is 7. The summed E-state index contributed by atoms with van der Waals surface area (Å²) < 4.78 is 0. The van der Waals surface area contributed by atoms with Gasteiger partial charge in [-0.05, 0) is 49.4 Å². The number of likely N-dealkylation sites (N-methyl/N-ethyl adjacent to an activating group) is 1. The predicted molar refractivity (Wildman–Crippen MR) is 101 cm³/mol. The summed E-state index contributed by atoms with van der Waals surface area (Å²) in [6, 6.07) is 8.04. The molecule has 0 radical (unpaired) electrons. The van der Waals surface area contributed by atoms with Gasteiger partial charge in [0.2, 0.25) is 11.8 Å². The Morgan fingerprint density at radius 2 is 2.04 bits per heavy atom. The fourth-order valence-electron chi connectivity index (χ4n) is 3.27. The lowest BCUT2D eigenvalue weighted by Crippen LogP contribution is -2.44. The molecule has 0 aliphatic carbocycles. The van der Waals surface area contributed by atoms with Crippen LogP contribution in [-0.2, 0) is 16.0 Å². The van der Waals surface area contributed by atoms with Crippen molar-refractivity contribution in [2.75, 3.05) is 39.8 Å². The third kappa shape index (κ3) is 7.04. The van der Waals surface area contributed by atoms with Gasteiger partial charge in [0.15, 0.2) is 0 Å². The average Bonchev–Trinajstić information content (AvgIpc) is 2.59. The molecule has 5 nitrogen and oxygen atoms in total. The molecule has 1 fully saturated rings. The first-order chi connectivity index (χ1) is 11.9. The Morgan fingerprint density at radius 1 is 1.32 bits per heavy atom. The van der Waals surface area contributed by atoms with Crippen LogP contribution in [0.3, 0.4) is 0 Å². The second kappa shape index (κ2) is 9.78. The molecule has 2 amide bonds. The fourth-order valence-corrected chi connectivity index (χ4v) is 3.39. The number of nitrogens with one attached hydrogen (secondary N) is 1. The van der Waals surface area contributed by atoms with E-state index in [-0.39, 0.29) is 18.4 Å². The first-order valence-electron chi connectivity index (χ1n) is 8.89. The van der Waals surface area contributed by atoms with Crippen molar-refractivity contribution in [2.45, 2.75) is 26.2 Å². The Balaban J connectivity index is 1.75. The number of nitrogens with zero attached hydrogens (tertiary/aromatic N) is 2. The summed E-state index contributed by atoms with van der Waals surface area (Å²) in [7, 11) is 1.82. The molecule has 0 bridgehead atoms. The second-order valence-electron chi connectivity index (χ2n) is 6.87. The molecule has 1 aromatic rings. The number of likely N-dealkylation sites (tertiary alicyclic amines) is 1. The second-order valence-corrected chi connectivity index (χ2v) is 7.31. The molecular weight excluding hydrogens is 338 g/mol. The minimum Gasteiger partial charge on any atom is -0.347 e. The van der Waals surface area contributed by atoms with Crippen LogP contribution in [0.15, 0.2) is 24.3 Å². The van der Waals surface area contributed by atoms with Crippen molar-refractivity contribution in [2.24, 2.45) is 5.92 Å². The SMILES string of the molecule is CC(=O)NCC(=O)N(C)C[C@H]1CCCN(CCc2ccc(Cl)cc2)C1. The maximum atomic E-state index is 12.0. The van der Waals surface area contributed by atoms with Crippen LogP contribution in [0, 0.1) is 5.92 Å². The summed E-state index contributed by atoms with van der Waals surface area (Å²) in [6.07, 6.45) is 3.33. The van der Waals surface area contributed by atoms with Crippen LogP contribution in [-0.4, -0.2) is 61.4 Å². The largest absolute Gasteiger partial charge is 0.347 e. The number of hydrogen-bond donors (Lipinski definition) is 1. The molecule has 1 heterocycles. The standard InChI is InChI=1S/C19H28ClN3O2/c1-15(24)21-12-19(25)22(2)13-17-4-3-10-23(14-17)11-9-16-5-7-18(20)8-6-16/h5-8,17H,3-4,9-14H2,1-2H3,(H,21,24)/t17-/m1/s1. The van der Waals surface area contributed by atoms with Gasteiger partial charge in [-0.15, -0.1) is 0 Å². The van der Waals surface area contributed by atoms with Gasteiger partial charge in [-0.2, -0.15) is 0 Å². The molecule has 1 atom stereocenters. The van der Waals surface area contributed by atoms with Crippen molar-refractivity contribution in [1.29, 1.82) is 0 Å². The third-order valence-corrected chi connectivity index (χ3v) is 4.93. The van der Waals surface area contributed by atoms with Gasteiger partial charge in [-0.25, -0.2) is 0 Å². The van der Waals surface area contributed by atoms with E-state index < -0.39 is 0 Å². The Morgan fingerprint density at radius 3 is 2.72 bits per heavy atom. The van der Waals surface area contributed by atoms with Crippen molar-refractivity contribution in [3.8, 4) is 0 Å². The van der Waals surface area contributed by atoms with E-state index in [1.165, 1.54) is 18.9 Å². The van der Waals surface area contributed by atoms with Crippen molar-refractivity contribution in [1.82, 2.24) is 15.1 Å². The van der Waals surface area contributed by atoms with E-state index in [0.29, 0.717) is 5.92 Å². The molecule has 1 saturated heterocycles. The number of halogens is 1. The van der Waals surface area contributed by atoms with Crippen LogP contribution in [0.5, 0.6) is 0 Å². The van der Waals surface area contributed by atoms with E-state index in [1.54, 1.807) is 4.90 Å². The van der Waals surface area contributed by atoms with Crippen molar-refractivity contribution < 1.29 is 9.59 Å². The maximum Gasteiger partial charge on any atom is 0.241 e. The van der Waals surface area contributed by atoms with E-state index in [0.717, 1.165) is 44.0 Å². The molecule has 1 aliphatic rings. The molecule has 0 spiro atoms. The van der Waals surface area contributed by atoms with E-state index >= 15 is 0 Å². The van der Waals surface area contributed by atoms with E-state index in [1.807, 2.05) is 19.2 Å². The average molecular weight is 366 g/mol. The van der Waals surface area contributed by atoms with E-state index in [4.69, 9.17) is 11.6 Å². The minimum atomic E-state index is -0.173. The van der Waals surface area contributed by atoms with E-state index in [2.05, 4.69) is 22.3 Å². The zero-order valence-corrected chi connectivity index (χ0v) is 15.9. The molecule has 1 aliphatic heterocycles. The van der Waals surface area contributed by atoms with Gasteiger partial charge < -0.3 is 15.1 Å². The maximum absolute atomic E-state index is 12.0. The molecule has 2 rings (SSSR count). The quantitative estimate of drug-likeness (QED) is 0.805. The molecule has 1 N–H and O–H groups in total. The summed E-state index contributed by atoms with van der Waals surface area (Å²) in [5.74, 6) is 0.284. The highest BCUT2D eigenvalue weighted by atomic mass is 35.5. The number of carbonyl (C=O) groups is 2. The van der Waals surface area contributed by atoms with Gasteiger partial charge in [0, 0.05) is 38.6 Å². The van der Waals surface area contributed by atoms with Crippen LogP contribution in [0.2, 0.25) is 5.02 Å². The lowest BCUT2D eigenvalue weighted by atomic mass is 9.97. The van der Waals surface area contributed by atoms with Gasteiger partial charge >= 0.3 is 0 Å². The number of piperidine rings is 1. The lowest BCUT2D eigenvalue weighted by molar-refractivity contribution is -0.132. The summed E-state index contributed by atoms with van der Waals surface area (Å²) >= 11 is 5.93. The minimum absolute atomic E-state index is 0.0338. The van der Waals surface area contributed by atoms with Crippen LogP contribution >= 0.6 is 11.6 Å². The predicted octanol–water partition coefficient (Wildman–Crippen LogP) is 2.19. The smallest absolute Gasteiger partial charge is 0.241 e. The molecule has 25 heavy (non-hydrogen) atoms. The summed E-state index contributed by atoms with van der Waals surface area (Å²) in [4.78, 5) is 27.2. The van der Waals surface area contributed by atoms with Crippen molar-refractivity contribution in [3.05, 3.63) is 34.9 Å². The Labute approximate surface area is 155 Å². The first kappa shape index (κ1) is 19.7. The molecule has 1 aromatic carbocycles. The zero-order valence-electron chi connectivity index (χ0n) is 15.1. The zero-order chi connectivity index (χ0) is 18.2. The van der Waals surface area contributed by atoms with Crippen LogP contribution in [0.1, 0.15) is 25.3 Å². The highest BCUT2D eigenvalue weighted by molar-refractivity contribution is 6.30. The molecule has 0 unspecified atom stereocenters. The Kier molecular flexibility index (Phi) is 7.72. The highest BCUT2D eigenvalue weighted by Crippen LogP contribution is 2.18. The van der Waals surface area contributed by atoms with Crippen LogP contribution < -0.4 is 5.32 Å². The van der Waals surface area contributed by atoms with Gasteiger partial charge in [0.05, 0.1) is 6.54 Å². The molecular formula is C19H28ClN3O2. The highest BCUT2D eigenvalue weighted by Gasteiger charge is 2.22.